The highest BCUT2D eigenvalue weighted by molar-refractivity contribution is 5.32. The highest BCUT2D eigenvalue weighted by Gasteiger charge is 2.15. The Hall–Kier alpha value is -1.90. The molecule has 3 heteroatoms. The molecule has 0 spiro atoms. The lowest BCUT2D eigenvalue weighted by molar-refractivity contribution is 0.583. The van der Waals surface area contributed by atoms with Crippen molar-refractivity contribution in [1.82, 2.24) is 9.97 Å². The molecule has 0 fully saturated rings. The van der Waals surface area contributed by atoms with Crippen LogP contribution in [0.3, 0.4) is 0 Å². The van der Waals surface area contributed by atoms with Crippen molar-refractivity contribution in [3.8, 4) is 0 Å². The number of rotatable bonds is 3. The maximum Gasteiger partial charge on any atom is 0.225 e. The first-order valence-electron chi connectivity index (χ1n) is 6.54. The number of hydrogen-bond acceptors (Lipinski definition) is 3. The van der Waals surface area contributed by atoms with Gasteiger partial charge in [-0.3, -0.25) is 0 Å². The van der Waals surface area contributed by atoms with Crippen LogP contribution in [0.25, 0.3) is 0 Å². The smallest absolute Gasteiger partial charge is 0.225 e. The zero-order valence-electron chi connectivity index (χ0n) is 12.1. The molecule has 1 aromatic heterocycles. The summed E-state index contributed by atoms with van der Waals surface area (Å²) in [6, 6.07) is 10.3. The lowest BCUT2D eigenvalue weighted by atomic mass is 9.89. The quantitative estimate of drug-likeness (QED) is 0.841. The fourth-order valence-electron chi connectivity index (χ4n) is 1.83. The number of anilines is 1. The Balaban J connectivity index is 2.10. The minimum atomic E-state index is 0.0938. The molecular formula is C16H21N3. The summed E-state index contributed by atoms with van der Waals surface area (Å²) in [5.74, 6) is 0.761. The van der Waals surface area contributed by atoms with Crippen molar-refractivity contribution in [2.75, 3.05) is 11.9 Å². The van der Waals surface area contributed by atoms with Crippen LogP contribution in [-0.2, 0) is 12.0 Å². The largest absolute Gasteiger partial charge is 0.340 e. The topological polar surface area (TPSA) is 29.0 Å². The van der Waals surface area contributed by atoms with Gasteiger partial charge in [0.15, 0.2) is 0 Å². The maximum absolute atomic E-state index is 4.46. The average molecular weight is 255 g/mol. The van der Waals surface area contributed by atoms with Crippen molar-refractivity contribution in [2.24, 2.45) is 0 Å². The van der Waals surface area contributed by atoms with E-state index in [9.17, 15) is 0 Å². The molecule has 0 unspecified atom stereocenters. The van der Waals surface area contributed by atoms with E-state index in [0.717, 1.165) is 18.1 Å². The predicted molar refractivity (Wildman–Crippen MR) is 79.3 cm³/mol. The van der Waals surface area contributed by atoms with Crippen LogP contribution in [0.1, 0.15) is 31.9 Å². The standard InChI is InChI=1S/C16H21N3/c1-16(2,3)14-10-17-15(18-11-14)19(4)12-13-8-6-5-7-9-13/h5-11H,12H2,1-4H3. The third-order valence-electron chi connectivity index (χ3n) is 3.11. The fraction of sp³-hybridized carbons (Fsp3) is 0.375. The summed E-state index contributed by atoms with van der Waals surface area (Å²) in [7, 11) is 2.01. The van der Waals surface area contributed by atoms with Crippen LogP contribution in [0, 0.1) is 0 Å². The Morgan fingerprint density at radius 3 is 2.11 bits per heavy atom. The number of nitrogens with zero attached hydrogens (tertiary/aromatic N) is 3. The summed E-state index contributed by atoms with van der Waals surface area (Å²) in [6.07, 6.45) is 3.84. The van der Waals surface area contributed by atoms with Gasteiger partial charge in [-0.15, -0.1) is 0 Å². The average Bonchev–Trinajstić information content (AvgIpc) is 2.39. The Morgan fingerprint density at radius 2 is 1.58 bits per heavy atom. The van der Waals surface area contributed by atoms with Gasteiger partial charge < -0.3 is 4.90 Å². The summed E-state index contributed by atoms with van der Waals surface area (Å²) in [6.45, 7) is 7.31. The van der Waals surface area contributed by atoms with E-state index in [1.807, 2.05) is 37.6 Å². The molecule has 2 rings (SSSR count). The minimum Gasteiger partial charge on any atom is -0.340 e. The number of benzene rings is 1. The van der Waals surface area contributed by atoms with Crippen LogP contribution < -0.4 is 4.90 Å². The third kappa shape index (κ3) is 3.53. The molecule has 1 heterocycles. The van der Waals surface area contributed by atoms with Gasteiger partial charge in [0.25, 0.3) is 0 Å². The molecule has 100 valence electrons. The van der Waals surface area contributed by atoms with Crippen LogP contribution >= 0.6 is 0 Å². The van der Waals surface area contributed by atoms with Crippen molar-refractivity contribution in [3.05, 3.63) is 53.9 Å². The summed E-state index contributed by atoms with van der Waals surface area (Å²) in [4.78, 5) is 11.0. The van der Waals surface area contributed by atoms with Crippen molar-refractivity contribution in [2.45, 2.75) is 32.7 Å². The molecule has 0 aliphatic carbocycles. The summed E-state index contributed by atoms with van der Waals surface area (Å²) in [5.41, 5.74) is 2.51. The van der Waals surface area contributed by atoms with E-state index in [1.165, 1.54) is 5.56 Å². The lowest BCUT2D eigenvalue weighted by Crippen LogP contribution is -2.20. The maximum atomic E-state index is 4.46. The molecule has 0 aliphatic heterocycles. The summed E-state index contributed by atoms with van der Waals surface area (Å²) < 4.78 is 0. The second-order valence-corrected chi connectivity index (χ2v) is 5.86. The van der Waals surface area contributed by atoms with Crippen LogP contribution in [0.2, 0.25) is 0 Å². The normalized spacial score (nSPS) is 11.4. The Bertz CT molecular complexity index is 512. The zero-order valence-corrected chi connectivity index (χ0v) is 12.1. The highest BCUT2D eigenvalue weighted by Crippen LogP contribution is 2.21. The second-order valence-electron chi connectivity index (χ2n) is 5.86. The van der Waals surface area contributed by atoms with E-state index in [-0.39, 0.29) is 5.41 Å². The third-order valence-corrected chi connectivity index (χ3v) is 3.11. The molecule has 1 aromatic carbocycles. The van der Waals surface area contributed by atoms with Gasteiger partial charge in [0.2, 0.25) is 5.95 Å². The van der Waals surface area contributed by atoms with Crippen LogP contribution in [-0.4, -0.2) is 17.0 Å². The molecule has 0 bridgehead atoms. The van der Waals surface area contributed by atoms with Gasteiger partial charge in [-0.1, -0.05) is 51.1 Å². The van der Waals surface area contributed by atoms with Crippen molar-refractivity contribution in [3.63, 3.8) is 0 Å². The molecule has 2 aromatic rings. The summed E-state index contributed by atoms with van der Waals surface area (Å²) >= 11 is 0. The molecular weight excluding hydrogens is 234 g/mol. The van der Waals surface area contributed by atoms with E-state index in [2.05, 4.69) is 47.8 Å². The van der Waals surface area contributed by atoms with Gasteiger partial charge in [0.05, 0.1) is 0 Å². The van der Waals surface area contributed by atoms with Gasteiger partial charge in [-0.25, -0.2) is 9.97 Å². The van der Waals surface area contributed by atoms with E-state index in [0.29, 0.717) is 0 Å². The monoisotopic (exact) mass is 255 g/mol. The fourth-order valence-corrected chi connectivity index (χ4v) is 1.83. The molecule has 0 amide bonds. The number of hydrogen-bond donors (Lipinski definition) is 0. The molecule has 0 aliphatic rings. The van der Waals surface area contributed by atoms with Crippen molar-refractivity contribution < 1.29 is 0 Å². The molecule has 19 heavy (non-hydrogen) atoms. The zero-order chi connectivity index (χ0) is 13.9. The first kappa shape index (κ1) is 13.5. The SMILES string of the molecule is CN(Cc1ccccc1)c1ncc(C(C)(C)C)cn1. The van der Waals surface area contributed by atoms with Crippen molar-refractivity contribution in [1.29, 1.82) is 0 Å². The molecule has 0 radical (unpaired) electrons. The van der Waals surface area contributed by atoms with Gasteiger partial charge in [-0.2, -0.15) is 0 Å². The van der Waals surface area contributed by atoms with Crippen LogP contribution in [0.4, 0.5) is 5.95 Å². The molecule has 0 atom stereocenters. The van der Waals surface area contributed by atoms with Crippen LogP contribution in [0.15, 0.2) is 42.7 Å². The molecule has 0 N–H and O–H groups in total. The lowest BCUT2D eigenvalue weighted by Gasteiger charge is -2.20. The second kappa shape index (κ2) is 5.39. The molecule has 0 saturated carbocycles. The van der Waals surface area contributed by atoms with E-state index >= 15 is 0 Å². The van der Waals surface area contributed by atoms with E-state index < -0.39 is 0 Å². The highest BCUT2D eigenvalue weighted by atomic mass is 15.2. The Morgan fingerprint density at radius 1 is 1.00 bits per heavy atom. The van der Waals surface area contributed by atoms with Gasteiger partial charge in [0, 0.05) is 26.0 Å². The van der Waals surface area contributed by atoms with Gasteiger partial charge in [-0.05, 0) is 16.5 Å². The predicted octanol–water partition coefficient (Wildman–Crippen LogP) is 3.41. The van der Waals surface area contributed by atoms with Crippen LogP contribution in [0.5, 0.6) is 0 Å². The number of aromatic nitrogens is 2. The van der Waals surface area contributed by atoms with Gasteiger partial charge in [0.1, 0.15) is 0 Å². The van der Waals surface area contributed by atoms with E-state index in [4.69, 9.17) is 0 Å². The van der Waals surface area contributed by atoms with Gasteiger partial charge >= 0.3 is 0 Å². The summed E-state index contributed by atoms with van der Waals surface area (Å²) in [5, 5.41) is 0. The first-order chi connectivity index (χ1) is 8.97. The Kier molecular flexibility index (Phi) is 3.84. The first-order valence-corrected chi connectivity index (χ1v) is 6.54. The van der Waals surface area contributed by atoms with Crippen molar-refractivity contribution >= 4 is 5.95 Å². The minimum absolute atomic E-state index is 0.0938. The van der Waals surface area contributed by atoms with E-state index in [1.54, 1.807) is 0 Å². The Labute approximate surface area is 115 Å². The molecule has 0 saturated heterocycles. The molecule has 3 nitrogen and oxygen atoms in total.